The lowest BCUT2D eigenvalue weighted by molar-refractivity contribution is -0.277. The van der Waals surface area contributed by atoms with Crippen molar-refractivity contribution in [3.8, 4) is 17.2 Å². The highest BCUT2D eigenvalue weighted by Crippen LogP contribution is 2.34. The molecule has 3 rings (SSSR count). The lowest BCUT2D eigenvalue weighted by atomic mass is 9.99. The van der Waals surface area contributed by atoms with Crippen molar-refractivity contribution in [1.29, 1.82) is 0 Å². The Morgan fingerprint density at radius 1 is 1.14 bits per heavy atom. The van der Waals surface area contributed by atoms with Gasteiger partial charge in [-0.3, -0.25) is 0 Å². The van der Waals surface area contributed by atoms with Crippen LogP contribution in [0.25, 0.3) is 11.0 Å². The molecule has 2 aromatic rings. The Labute approximate surface area is 165 Å². The number of ether oxygens (including phenoxy) is 3. The summed E-state index contributed by atoms with van der Waals surface area (Å²) in [5.74, 6) is -0.504. The van der Waals surface area contributed by atoms with Crippen LogP contribution in [0.5, 0.6) is 17.2 Å². The maximum atomic E-state index is 11.9. The number of aromatic hydroxyl groups is 1. The second-order valence-corrected chi connectivity index (χ2v) is 6.74. The third kappa shape index (κ3) is 4.31. The molecular formula is C19H24O10. The van der Waals surface area contributed by atoms with Gasteiger partial charge in [0.1, 0.15) is 35.7 Å². The molecule has 0 unspecified atom stereocenters. The van der Waals surface area contributed by atoms with Crippen LogP contribution in [0.4, 0.5) is 0 Å². The summed E-state index contributed by atoms with van der Waals surface area (Å²) in [7, 11) is 0. The van der Waals surface area contributed by atoms with Crippen LogP contribution >= 0.6 is 0 Å². The number of aliphatic hydroxyl groups excluding tert-OH is 4. The zero-order valence-electron chi connectivity index (χ0n) is 15.7. The Balaban J connectivity index is 1.88. The van der Waals surface area contributed by atoms with Gasteiger partial charge in [-0.1, -0.05) is 13.3 Å². The third-order valence-electron chi connectivity index (χ3n) is 4.65. The quantitative estimate of drug-likeness (QED) is 0.306. The summed E-state index contributed by atoms with van der Waals surface area (Å²) in [6, 6.07) is 4.30. The van der Waals surface area contributed by atoms with Crippen molar-refractivity contribution in [3.63, 3.8) is 0 Å². The average Bonchev–Trinajstić information content (AvgIpc) is 2.71. The average molecular weight is 412 g/mol. The molecule has 1 aliphatic heterocycles. The van der Waals surface area contributed by atoms with Crippen molar-refractivity contribution in [1.82, 2.24) is 0 Å². The maximum absolute atomic E-state index is 11.9. The van der Waals surface area contributed by atoms with Crippen LogP contribution in [0.3, 0.4) is 0 Å². The highest BCUT2D eigenvalue weighted by Gasteiger charge is 2.44. The normalized spacial score (nSPS) is 27.1. The van der Waals surface area contributed by atoms with Gasteiger partial charge in [-0.25, -0.2) is 4.79 Å². The van der Waals surface area contributed by atoms with Gasteiger partial charge in [0.2, 0.25) is 12.0 Å². The van der Waals surface area contributed by atoms with Crippen molar-refractivity contribution < 1.29 is 44.2 Å². The molecule has 1 saturated heterocycles. The number of hydrogen-bond donors (Lipinski definition) is 5. The van der Waals surface area contributed by atoms with E-state index in [1.165, 1.54) is 18.2 Å². The Morgan fingerprint density at radius 3 is 2.59 bits per heavy atom. The molecule has 1 aromatic heterocycles. The van der Waals surface area contributed by atoms with Gasteiger partial charge in [0.25, 0.3) is 0 Å². The lowest BCUT2D eigenvalue weighted by Gasteiger charge is -2.39. The molecule has 2 heterocycles. The molecule has 10 heteroatoms. The summed E-state index contributed by atoms with van der Waals surface area (Å²) in [4.78, 5) is 11.9. The summed E-state index contributed by atoms with van der Waals surface area (Å²) in [5.41, 5.74) is -0.907. The lowest BCUT2D eigenvalue weighted by Crippen LogP contribution is -2.60. The largest absolute Gasteiger partial charge is 0.499 e. The van der Waals surface area contributed by atoms with E-state index < -0.39 is 48.7 Å². The Hall–Kier alpha value is -2.37. The first kappa shape index (κ1) is 21.3. The molecule has 0 saturated carbocycles. The number of aliphatic hydroxyl groups is 4. The van der Waals surface area contributed by atoms with E-state index in [2.05, 4.69) is 0 Å². The van der Waals surface area contributed by atoms with Crippen molar-refractivity contribution >= 4 is 11.0 Å². The fourth-order valence-electron chi connectivity index (χ4n) is 2.98. The van der Waals surface area contributed by atoms with Crippen LogP contribution in [0.15, 0.2) is 27.4 Å². The predicted octanol–water partition coefficient (Wildman–Crippen LogP) is -0.144. The Bertz CT molecular complexity index is 892. The number of benzene rings is 1. The maximum Gasteiger partial charge on any atom is 0.382 e. The molecule has 160 valence electrons. The second kappa shape index (κ2) is 8.97. The minimum atomic E-state index is -1.58. The zero-order valence-corrected chi connectivity index (χ0v) is 15.7. The molecule has 5 atom stereocenters. The fraction of sp³-hybridized carbons (Fsp3) is 0.526. The first-order valence-corrected chi connectivity index (χ1v) is 9.27. The van der Waals surface area contributed by atoms with Gasteiger partial charge in [0.05, 0.1) is 18.6 Å². The number of fused-ring (bicyclic) bond motifs is 1. The monoisotopic (exact) mass is 412 g/mol. The summed E-state index contributed by atoms with van der Waals surface area (Å²) >= 11 is 0. The van der Waals surface area contributed by atoms with E-state index >= 15 is 0 Å². The number of rotatable bonds is 7. The highest BCUT2D eigenvalue weighted by molar-refractivity contribution is 5.86. The van der Waals surface area contributed by atoms with E-state index in [0.29, 0.717) is 12.0 Å². The molecular weight excluding hydrogens is 388 g/mol. The van der Waals surface area contributed by atoms with Crippen LogP contribution in [0.2, 0.25) is 0 Å². The molecule has 0 aliphatic carbocycles. The molecule has 1 fully saturated rings. The van der Waals surface area contributed by atoms with Crippen LogP contribution in [-0.4, -0.2) is 69.5 Å². The van der Waals surface area contributed by atoms with Gasteiger partial charge < -0.3 is 44.2 Å². The number of hydrogen-bond acceptors (Lipinski definition) is 10. The van der Waals surface area contributed by atoms with Gasteiger partial charge in [0, 0.05) is 6.07 Å². The molecule has 10 nitrogen and oxygen atoms in total. The van der Waals surface area contributed by atoms with Crippen LogP contribution in [0.1, 0.15) is 19.8 Å². The van der Waals surface area contributed by atoms with Crippen LogP contribution in [-0.2, 0) is 4.74 Å². The second-order valence-electron chi connectivity index (χ2n) is 6.74. The SMILES string of the molecule is CCCCOc1c(O)c(=O)oc2cc(O[C@@H]3O[C@H](CO)[C@H](O)[C@H](O)[C@H]3O)ccc12. The van der Waals surface area contributed by atoms with Gasteiger partial charge in [-0.05, 0) is 18.6 Å². The first-order chi connectivity index (χ1) is 13.9. The first-order valence-electron chi connectivity index (χ1n) is 9.27. The van der Waals surface area contributed by atoms with E-state index in [4.69, 9.17) is 18.6 Å². The van der Waals surface area contributed by atoms with Gasteiger partial charge in [-0.15, -0.1) is 0 Å². The standard InChI is InChI=1S/C19H24O10/c1-2-3-6-26-17-10-5-4-9(7-11(10)28-18(25)16(17)24)27-19-15(23)14(22)13(21)12(8-20)29-19/h4-5,7,12-15,19-24H,2-3,6,8H2,1H3/t12-,13+,14+,15-,19-/m1/s1. The molecule has 5 N–H and O–H groups in total. The zero-order chi connectivity index (χ0) is 21.1. The molecule has 29 heavy (non-hydrogen) atoms. The van der Waals surface area contributed by atoms with Crippen molar-refractivity contribution in [2.45, 2.75) is 50.5 Å². The number of unbranched alkanes of at least 4 members (excludes halogenated alkanes) is 1. The molecule has 1 aliphatic rings. The topological polar surface area (TPSA) is 159 Å². The fourth-order valence-corrected chi connectivity index (χ4v) is 2.98. The smallest absolute Gasteiger partial charge is 0.382 e. The van der Waals surface area contributed by atoms with Crippen molar-refractivity contribution in [2.24, 2.45) is 0 Å². The Morgan fingerprint density at radius 2 is 1.90 bits per heavy atom. The van der Waals surface area contributed by atoms with E-state index in [1.807, 2.05) is 6.92 Å². The summed E-state index contributed by atoms with van der Waals surface area (Å²) in [6.45, 7) is 1.70. The summed E-state index contributed by atoms with van der Waals surface area (Å²) < 4.78 is 21.4. The Kier molecular flexibility index (Phi) is 6.60. The van der Waals surface area contributed by atoms with Gasteiger partial charge in [0.15, 0.2) is 5.75 Å². The minimum Gasteiger partial charge on any atom is -0.499 e. The molecule has 1 aromatic carbocycles. The van der Waals surface area contributed by atoms with Crippen LogP contribution in [0, 0.1) is 0 Å². The van der Waals surface area contributed by atoms with E-state index in [-0.39, 0.29) is 17.1 Å². The molecule has 0 radical (unpaired) electrons. The highest BCUT2D eigenvalue weighted by atomic mass is 16.7. The van der Waals surface area contributed by atoms with E-state index in [0.717, 1.165) is 12.8 Å². The van der Waals surface area contributed by atoms with Gasteiger partial charge >= 0.3 is 5.63 Å². The minimum absolute atomic E-state index is 0.00379. The third-order valence-corrected chi connectivity index (χ3v) is 4.65. The van der Waals surface area contributed by atoms with Crippen LogP contribution < -0.4 is 15.1 Å². The van der Waals surface area contributed by atoms with Crippen molar-refractivity contribution in [2.75, 3.05) is 13.2 Å². The van der Waals surface area contributed by atoms with E-state index in [9.17, 15) is 30.3 Å². The molecule has 0 spiro atoms. The molecule has 0 bridgehead atoms. The van der Waals surface area contributed by atoms with E-state index in [1.54, 1.807) is 0 Å². The summed E-state index contributed by atoms with van der Waals surface area (Å²) in [6.07, 6.45) is -5.56. The van der Waals surface area contributed by atoms with Crippen molar-refractivity contribution in [3.05, 3.63) is 28.6 Å². The molecule has 0 amide bonds. The summed E-state index contributed by atoms with van der Waals surface area (Å²) in [5, 5.41) is 49.3. The van der Waals surface area contributed by atoms with Gasteiger partial charge in [-0.2, -0.15) is 0 Å². The predicted molar refractivity (Wildman–Crippen MR) is 98.9 cm³/mol.